The number of aldehydes is 1. The molecule has 1 atom stereocenters. The Morgan fingerprint density at radius 2 is 2.53 bits per heavy atom. The van der Waals surface area contributed by atoms with E-state index in [1.54, 1.807) is 6.20 Å². The molecule has 2 rings (SSSR count). The number of carbonyl (C=O) groups is 1. The van der Waals surface area contributed by atoms with Crippen LogP contribution in [0.5, 0.6) is 0 Å². The van der Waals surface area contributed by atoms with E-state index in [4.69, 9.17) is 4.42 Å². The van der Waals surface area contributed by atoms with E-state index in [0.29, 0.717) is 18.1 Å². The van der Waals surface area contributed by atoms with E-state index >= 15 is 0 Å². The molecule has 0 saturated carbocycles. The van der Waals surface area contributed by atoms with E-state index in [0.717, 1.165) is 31.7 Å². The molecular weight excluding hydrogens is 216 g/mol. The van der Waals surface area contributed by atoms with E-state index in [1.807, 2.05) is 0 Å². The predicted molar refractivity (Wildman–Crippen MR) is 64.8 cm³/mol. The third-order valence-corrected chi connectivity index (χ3v) is 3.40. The summed E-state index contributed by atoms with van der Waals surface area (Å²) in [6.45, 7) is 5.69. The minimum atomic E-state index is 0.332. The highest BCUT2D eigenvalue weighted by atomic mass is 16.4. The second kappa shape index (κ2) is 5.96. The monoisotopic (exact) mass is 236 g/mol. The summed E-state index contributed by atoms with van der Waals surface area (Å²) in [5.41, 5.74) is 0. The van der Waals surface area contributed by atoms with Gasteiger partial charge in [-0.05, 0) is 31.8 Å². The Balaban J connectivity index is 1.88. The zero-order valence-corrected chi connectivity index (χ0v) is 10.4. The third kappa shape index (κ3) is 3.40. The number of oxazole rings is 1. The first kappa shape index (κ1) is 12.3. The third-order valence-electron chi connectivity index (χ3n) is 3.40. The van der Waals surface area contributed by atoms with Crippen LogP contribution in [0.4, 0.5) is 0 Å². The molecule has 1 aromatic rings. The van der Waals surface area contributed by atoms with E-state index in [1.165, 1.54) is 19.4 Å². The van der Waals surface area contributed by atoms with Gasteiger partial charge in [0.2, 0.25) is 0 Å². The van der Waals surface area contributed by atoms with Gasteiger partial charge in [-0.15, -0.1) is 0 Å². The largest absolute Gasteiger partial charge is 0.445 e. The summed E-state index contributed by atoms with van der Waals surface area (Å²) in [6.07, 6.45) is 6.27. The van der Waals surface area contributed by atoms with Crippen LogP contribution in [0, 0.1) is 5.92 Å². The molecule has 1 aliphatic heterocycles. The predicted octanol–water partition coefficient (Wildman–Crippen LogP) is 1.69. The minimum Gasteiger partial charge on any atom is -0.445 e. The number of piperidine rings is 1. The molecular formula is C13H20N2O2. The SMILES string of the molecule is CCN1CCCC(Cc2ncc(CC=O)o2)C1. The smallest absolute Gasteiger partial charge is 0.194 e. The molecule has 1 unspecified atom stereocenters. The maximum atomic E-state index is 10.4. The first-order valence-electron chi connectivity index (χ1n) is 6.41. The van der Waals surface area contributed by atoms with Gasteiger partial charge >= 0.3 is 0 Å². The molecule has 17 heavy (non-hydrogen) atoms. The number of carbonyl (C=O) groups excluding carboxylic acids is 1. The first-order valence-corrected chi connectivity index (χ1v) is 6.41. The molecule has 0 N–H and O–H groups in total. The van der Waals surface area contributed by atoms with Crippen molar-refractivity contribution >= 4 is 6.29 Å². The van der Waals surface area contributed by atoms with Crippen molar-refractivity contribution in [1.29, 1.82) is 0 Å². The zero-order valence-electron chi connectivity index (χ0n) is 10.4. The molecule has 0 radical (unpaired) electrons. The van der Waals surface area contributed by atoms with Gasteiger partial charge in [0.05, 0.1) is 12.6 Å². The van der Waals surface area contributed by atoms with Gasteiger partial charge in [-0.1, -0.05) is 6.92 Å². The topological polar surface area (TPSA) is 46.3 Å². The minimum absolute atomic E-state index is 0.332. The fourth-order valence-electron chi connectivity index (χ4n) is 2.47. The summed E-state index contributed by atoms with van der Waals surface area (Å²) in [5.74, 6) is 2.11. The van der Waals surface area contributed by atoms with Crippen LogP contribution in [-0.2, 0) is 17.6 Å². The number of likely N-dealkylation sites (tertiary alicyclic amines) is 1. The number of nitrogens with zero attached hydrogens (tertiary/aromatic N) is 2. The van der Waals surface area contributed by atoms with Crippen LogP contribution in [0.15, 0.2) is 10.6 Å². The van der Waals surface area contributed by atoms with Crippen molar-refractivity contribution in [2.24, 2.45) is 5.92 Å². The fourth-order valence-corrected chi connectivity index (χ4v) is 2.47. The van der Waals surface area contributed by atoms with Crippen LogP contribution in [0.3, 0.4) is 0 Å². The highest BCUT2D eigenvalue weighted by Gasteiger charge is 2.20. The number of rotatable bonds is 5. The molecule has 1 aromatic heterocycles. The Kier molecular flexibility index (Phi) is 4.31. The molecule has 0 aliphatic carbocycles. The summed E-state index contributed by atoms with van der Waals surface area (Å²) in [4.78, 5) is 17.1. The average Bonchev–Trinajstić information content (AvgIpc) is 2.77. The van der Waals surface area contributed by atoms with Gasteiger partial charge in [-0.25, -0.2) is 4.98 Å². The number of aromatic nitrogens is 1. The summed E-state index contributed by atoms with van der Waals surface area (Å²) < 4.78 is 5.53. The van der Waals surface area contributed by atoms with Crippen LogP contribution in [-0.4, -0.2) is 35.8 Å². The molecule has 0 bridgehead atoms. The van der Waals surface area contributed by atoms with Crippen LogP contribution < -0.4 is 0 Å². The number of hydrogen-bond donors (Lipinski definition) is 0. The van der Waals surface area contributed by atoms with Crippen molar-refractivity contribution in [3.63, 3.8) is 0 Å². The van der Waals surface area contributed by atoms with Crippen LogP contribution in [0.2, 0.25) is 0 Å². The molecule has 4 heteroatoms. The van der Waals surface area contributed by atoms with Crippen molar-refractivity contribution < 1.29 is 9.21 Å². The van der Waals surface area contributed by atoms with Gasteiger partial charge in [0.25, 0.3) is 0 Å². The Morgan fingerprint density at radius 1 is 1.65 bits per heavy atom. The first-order chi connectivity index (χ1) is 8.31. The Bertz CT molecular complexity index is 362. The molecule has 0 aromatic carbocycles. The van der Waals surface area contributed by atoms with E-state index in [2.05, 4.69) is 16.8 Å². The van der Waals surface area contributed by atoms with Crippen molar-refractivity contribution in [1.82, 2.24) is 9.88 Å². The Morgan fingerprint density at radius 3 is 3.29 bits per heavy atom. The normalized spacial score (nSPS) is 21.6. The molecule has 1 saturated heterocycles. The van der Waals surface area contributed by atoms with Gasteiger partial charge in [0, 0.05) is 13.0 Å². The van der Waals surface area contributed by atoms with Crippen LogP contribution in [0.25, 0.3) is 0 Å². The summed E-state index contributed by atoms with van der Waals surface area (Å²) in [7, 11) is 0. The second-order valence-corrected chi connectivity index (χ2v) is 4.70. The lowest BCUT2D eigenvalue weighted by Gasteiger charge is -2.31. The standard InChI is InChI=1S/C13H20N2O2/c1-2-15-6-3-4-11(10-15)8-13-14-9-12(17-13)5-7-16/h7,9,11H,2-6,8,10H2,1H3. The van der Waals surface area contributed by atoms with E-state index in [9.17, 15) is 4.79 Å². The molecule has 4 nitrogen and oxygen atoms in total. The van der Waals surface area contributed by atoms with Crippen molar-refractivity contribution in [2.75, 3.05) is 19.6 Å². The lowest BCUT2D eigenvalue weighted by Crippen LogP contribution is -2.35. The molecule has 0 amide bonds. The molecule has 1 fully saturated rings. The molecule has 2 heterocycles. The highest BCUT2D eigenvalue weighted by molar-refractivity contribution is 5.52. The molecule has 0 spiro atoms. The molecule has 94 valence electrons. The van der Waals surface area contributed by atoms with Gasteiger partial charge in [0.15, 0.2) is 5.89 Å². The van der Waals surface area contributed by atoms with Crippen molar-refractivity contribution in [2.45, 2.75) is 32.6 Å². The Hall–Kier alpha value is -1.16. The van der Waals surface area contributed by atoms with Crippen molar-refractivity contribution in [3.8, 4) is 0 Å². The van der Waals surface area contributed by atoms with Crippen molar-refractivity contribution in [3.05, 3.63) is 17.8 Å². The maximum absolute atomic E-state index is 10.4. The number of hydrogen-bond acceptors (Lipinski definition) is 4. The van der Waals surface area contributed by atoms with Crippen LogP contribution >= 0.6 is 0 Å². The van der Waals surface area contributed by atoms with E-state index < -0.39 is 0 Å². The quantitative estimate of drug-likeness (QED) is 0.730. The van der Waals surface area contributed by atoms with Gasteiger partial charge < -0.3 is 14.1 Å². The Labute approximate surface area is 102 Å². The maximum Gasteiger partial charge on any atom is 0.194 e. The summed E-state index contributed by atoms with van der Waals surface area (Å²) >= 11 is 0. The van der Waals surface area contributed by atoms with Gasteiger partial charge in [-0.2, -0.15) is 0 Å². The van der Waals surface area contributed by atoms with Crippen LogP contribution in [0.1, 0.15) is 31.4 Å². The summed E-state index contributed by atoms with van der Waals surface area (Å²) in [5, 5.41) is 0. The summed E-state index contributed by atoms with van der Waals surface area (Å²) in [6, 6.07) is 0. The molecule has 1 aliphatic rings. The highest BCUT2D eigenvalue weighted by Crippen LogP contribution is 2.20. The van der Waals surface area contributed by atoms with E-state index in [-0.39, 0.29) is 0 Å². The lowest BCUT2D eigenvalue weighted by atomic mass is 9.95. The van der Waals surface area contributed by atoms with Gasteiger partial charge in [0.1, 0.15) is 12.0 Å². The van der Waals surface area contributed by atoms with Gasteiger partial charge in [-0.3, -0.25) is 0 Å². The second-order valence-electron chi connectivity index (χ2n) is 4.70. The fraction of sp³-hybridized carbons (Fsp3) is 0.692. The average molecular weight is 236 g/mol. The lowest BCUT2D eigenvalue weighted by molar-refractivity contribution is -0.107. The zero-order chi connectivity index (χ0) is 12.1.